The van der Waals surface area contributed by atoms with Crippen LogP contribution in [0, 0.1) is 11.3 Å². The molecule has 0 saturated heterocycles. The Bertz CT molecular complexity index is 1210. The normalized spacial score (nSPS) is 22.9. The Balaban J connectivity index is 1.47. The summed E-state index contributed by atoms with van der Waals surface area (Å²) in [6.45, 7) is 3.39. The number of hydrogen-bond donors (Lipinski definition) is 2. The van der Waals surface area contributed by atoms with Gasteiger partial charge in [0.25, 0.3) is 0 Å². The van der Waals surface area contributed by atoms with E-state index in [-0.39, 0.29) is 35.5 Å². The van der Waals surface area contributed by atoms with Crippen LogP contribution in [-0.2, 0) is 30.1 Å². The molecule has 2 aliphatic rings. The lowest BCUT2D eigenvalue weighted by atomic mass is 9.74. The maximum absolute atomic E-state index is 13.5. The Kier molecular flexibility index (Phi) is 8.36. The Morgan fingerprint density at radius 3 is 2.10 bits per heavy atom. The second-order valence-electron chi connectivity index (χ2n) is 11.0. The van der Waals surface area contributed by atoms with E-state index in [0.717, 1.165) is 18.4 Å². The molecular weight excluding hydrogens is 538 g/mol. The molecule has 0 radical (unpaired) electrons. The minimum atomic E-state index is -4.95. The molecule has 0 heterocycles. The standard InChI is InChI=1S/C29H34F6N2O3/c1-16(2)27(26(38)36-15-17-9-19(28(30,31)32)12-20(10-17)29(33,34)35)8-7-21(14-27)37-23-6-5-18-11-24(39-3)25(40-4)13-22(18)23/h9-13,16,21,23,37H,5-8,14-15H2,1-4H3,(H,36,38)/t21-,23?,27+/m1/s1. The van der Waals surface area contributed by atoms with Gasteiger partial charge in [-0.25, -0.2) is 0 Å². The maximum atomic E-state index is 13.5. The van der Waals surface area contributed by atoms with Crippen LogP contribution in [-0.4, -0.2) is 26.2 Å². The highest BCUT2D eigenvalue weighted by molar-refractivity contribution is 5.83. The zero-order chi connectivity index (χ0) is 29.5. The number of hydrogen-bond acceptors (Lipinski definition) is 4. The van der Waals surface area contributed by atoms with Gasteiger partial charge in [-0.15, -0.1) is 0 Å². The third-order valence-corrected chi connectivity index (χ3v) is 8.37. The van der Waals surface area contributed by atoms with Crippen molar-refractivity contribution in [1.82, 2.24) is 10.6 Å². The molecule has 2 aromatic carbocycles. The van der Waals surface area contributed by atoms with Crippen LogP contribution < -0.4 is 20.1 Å². The zero-order valence-corrected chi connectivity index (χ0v) is 22.9. The zero-order valence-electron chi connectivity index (χ0n) is 22.9. The summed E-state index contributed by atoms with van der Waals surface area (Å²) in [6, 6.07) is 5.42. The predicted molar refractivity (Wildman–Crippen MR) is 137 cm³/mol. The summed E-state index contributed by atoms with van der Waals surface area (Å²) < 4.78 is 90.4. The number of fused-ring (bicyclic) bond motifs is 1. The van der Waals surface area contributed by atoms with Crippen LogP contribution in [0.1, 0.15) is 73.4 Å². The van der Waals surface area contributed by atoms with Crippen LogP contribution >= 0.6 is 0 Å². The van der Waals surface area contributed by atoms with Crippen molar-refractivity contribution in [1.29, 1.82) is 0 Å². The van der Waals surface area contributed by atoms with Crippen LogP contribution in [0.5, 0.6) is 11.5 Å². The summed E-state index contributed by atoms with van der Waals surface area (Å²) in [5, 5.41) is 6.33. The van der Waals surface area contributed by atoms with Crippen LogP contribution in [0.4, 0.5) is 26.3 Å². The number of halogens is 6. The van der Waals surface area contributed by atoms with Crippen LogP contribution in [0.2, 0.25) is 0 Å². The van der Waals surface area contributed by atoms with Crippen molar-refractivity contribution >= 4 is 5.91 Å². The molecule has 2 N–H and O–H groups in total. The van der Waals surface area contributed by atoms with Crippen molar-refractivity contribution in [2.45, 2.75) is 76.9 Å². The van der Waals surface area contributed by atoms with Gasteiger partial charge in [-0.05, 0) is 85.0 Å². The number of methoxy groups -OCH3 is 2. The molecule has 11 heteroatoms. The van der Waals surface area contributed by atoms with Crippen LogP contribution in [0.15, 0.2) is 30.3 Å². The van der Waals surface area contributed by atoms with Gasteiger partial charge in [0.05, 0.1) is 30.8 Å². The predicted octanol–water partition coefficient (Wildman–Crippen LogP) is 6.83. The first-order valence-corrected chi connectivity index (χ1v) is 13.3. The maximum Gasteiger partial charge on any atom is 0.416 e. The Morgan fingerprint density at radius 2 is 1.55 bits per heavy atom. The summed E-state index contributed by atoms with van der Waals surface area (Å²) in [4.78, 5) is 13.5. The SMILES string of the molecule is COc1cc2c(cc1OC)C(N[C@@H]1CC[C@@](C(=O)NCc3cc(C(F)(F)F)cc(C(F)(F)F)c3)(C(C)C)C1)CC2. The second-order valence-corrected chi connectivity index (χ2v) is 11.0. The molecule has 5 nitrogen and oxygen atoms in total. The fraction of sp³-hybridized carbons (Fsp3) is 0.552. The van der Waals surface area contributed by atoms with Crippen molar-refractivity contribution in [3.63, 3.8) is 0 Å². The van der Waals surface area contributed by atoms with Gasteiger partial charge >= 0.3 is 12.4 Å². The molecule has 1 unspecified atom stereocenters. The number of alkyl halides is 6. The highest BCUT2D eigenvalue weighted by Crippen LogP contribution is 2.47. The van der Waals surface area contributed by atoms with Crippen molar-refractivity contribution in [3.8, 4) is 11.5 Å². The number of carbonyl (C=O) groups excluding carboxylic acids is 1. The van der Waals surface area contributed by atoms with E-state index in [9.17, 15) is 31.1 Å². The van der Waals surface area contributed by atoms with E-state index in [4.69, 9.17) is 9.47 Å². The summed E-state index contributed by atoms with van der Waals surface area (Å²) >= 11 is 0. The molecule has 0 bridgehead atoms. The summed E-state index contributed by atoms with van der Waals surface area (Å²) in [7, 11) is 3.17. The molecule has 1 fully saturated rings. The largest absolute Gasteiger partial charge is 0.493 e. The number of benzene rings is 2. The highest BCUT2D eigenvalue weighted by atomic mass is 19.4. The number of aryl methyl sites for hydroxylation is 1. The fourth-order valence-corrected chi connectivity index (χ4v) is 6.08. The number of carbonyl (C=O) groups is 1. The van der Waals surface area contributed by atoms with Gasteiger partial charge in [-0.1, -0.05) is 13.8 Å². The molecule has 3 atom stereocenters. The molecule has 4 rings (SSSR count). The summed E-state index contributed by atoms with van der Waals surface area (Å²) in [5.41, 5.74) is -1.57. The minimum Gasteiger partial charge on any atom is -0.493 e. The third-order valence-electron chi connectivity index (χ3n) is 8.37. The van der Waals surface area contributed by atoms with Crippen molar-refractivity contribution in [2.24, 2.45) is 11.3 Å². The van der Waals surface area contributed by atoms with Crippen molar-refractivity contribution in [3.05, 3.63) is 58.1 Å². The van der Waals surface area contributed by atoms with E-state index in [2.05, 4.69) is 10.6 Å². The van der Waals surface area contributed by atoms with Gasteiger partial charge in [0.2, 0.25) is 5.91 Å². The van der Waals surface area contributed by atoms with Gasteiger partial charge in [0, 0.05) is 18.6 Å². The quantitative estimate of drug-likeness (QED) is 0.341. The summed E-state index contributed by atoms with van der Waals surface area (Å²) in [6.07, 6.45) is -6.38. The first kappa shape index (κ1) is 30.0. The molecule has 1 saturated carbocycles. The van der Waals surface area contributed by atoms with E-state index in [1.165, 1.54) is 5.56 Å². The van der Waals surface area contributed by atoms with Crippen LogP contribution in [0.3, 0.4) is 0 Å². The Hall–Kier alpha value is -2.95. The molecule has 0 spiro atoms. The highest BCUT2D eigenvalue weighted by Gasteiger charge is 2.48. The molecule has 1 amide bonds. The third kappa shape index (κ3) is 6.04. The average molecular weight is 573 g/mol. The smallest absolute Gasteiger partial charge is 0.416 e. The summed E-state index contributed by atoms with van der Waals surface area (Å²) in [5.74, 6) is 0.852. The molecular formula is C29H34F6N2O3. The van der Waals surface area contributed by atoms with E-state index < -0.39 is 35.4 Å². The van der Waals surface area contributed by atoms with Gasteiger partial charge in [0.15, 0.2) is 11.5 Å². The fourth-order valence-electron chi connectivity index (χ4n) is 6.08. The van der Waals surface area contributed by atoms with Gasteiger partial charge < -0.3 is 20.1 Å². The lowest BCUT2D eigenvalue weighted by molar-refractivity contribution is -0.143. The molecule has 220 valence electrons. The van der Waals surface area contributed by atoms with E-state index >= 15 is 0 Å². The van der Waals surface area contributed by atoms with E-state index in [0.29, 0.717) is 42.9 Å². The lowest BCUT2D eigenvalue weighted by Crippen LogP contribution is -2.44. The molecule has 2 aliphatic carbocycles. The van der Waals surface area contributed by atoms with Crippen molar-refractivity contribution in [2.75, 3.05) is 14.2 Å². The number of rotatable bonds is 8. The topological polar surface area (TPSA) is 59.6 Å². The first-order chi connectivity index (χ1) is 18.7. The first-order valence-electron chi connectivity index (χ1n) is 13.3. The minimum absolute atomic E-state index is 0.0163. The van der Waals surface area contributed by atoms with Crippen molar-refractivity contribution < 1.29 is 40.6 Å². The van der Waals surface area contributed by atoms with Gasteiger partial charge in [-0.2, -0.15) is 26.3 Å². The molecule has 0 aliphatic heterocycles. The Morgan fingerprint density at radius 1 is 0.950 bits per heavy atom. The monoisotopic (exact) mass is 572 g/mol. The Labute approximate surface area is 229 Å². The van der Waals surface area contributed by atoms with Gasteiger partial charge in [0.1, 0.15) is 0 Å². The lowest BCUT2D eigenvalue weighted by Gasteiger charge is -2.33. The molecule has 2 aromatic rings. The van der Waals surface area contributed by atoms with E-state index in [1.807, 2.05) is 26.0 Å². The van der Waals surface area contributed by atoms with E-state index in [1.54, 1.807) is 14.2 Å². The number of ether oxygens (including phenoxy) is 2. The number of nitrogens with one attached hydrogen (secondary N) is 2. The van der Waals surface area contributed by atoms with Gasteiger partial charge in [-0.3, -0.25) is 4.79 Å². The number of amides is 1. The van der Waals surface area contributed by atoms with Crippen LogP contribution in [0.25, 0.3) is 0 Å². The average Bonchev–Trinajstić information content (AvgIpc) is 3.50. The second kappa shape index (κ2) is 11.1. The molecule has 40 heavy (non-hydrogen) atoms. The molecule has 0 aromatic heterocycles.